The van der Waals surface area contributed by atoms with Crippen molar-refractivity contribution in [1.82, 2.24) is 0 Å². The van der Waals surface area contributed by atoms with Gasteiger partial charge in [-0.1, -0.05) is 35.9 Å². The molecular formula is C17H15ClO. The summed E-state index contributed by atoms with van der Waals surface area (Å²) in [5.74, 6) is 0.897. The molecular weight excluding hydrogens is 256 g/mol. The fourth-order valence-corrected chi connectivity index (χ4v) is 2.75. The molecule has 0 saturated carbocycles. The third-order valence-electron chi connectivity index (χ3n) is 3.50. The number of allylic oxidation sites excluding steroid dienone is 1. The fraction of sp³-hybridized carbons (Fsp3) is 0.176. The van der Waals surface area contributed by atoms with Crippen LogP contribution < -0.4 is 4.74 Å². The van der Waals surface area contributed by atoms with Crippen LogP contribution in [0.25, 0.3) is 5.57 Å². The van der Waals surface area contributed by atoms with Gasteiger partial charge in [-0.3, -0.25) is 0 Å². The Kier molecular flexibility index (Phi) is 3.31. The summed E-state index contributed by atoms with van der Waals surface area (Å²) in [5.41, 5.74) is 5.05. The summed E-state index contributed by atoms with van der Waals surface area (Å²) in [5, 5.41) is 0.772. The average Bonchev–Trinajstić information content (AvgIpc) is 2.46. The molecule has 0 heterocycles. The number of hydrogen-bond donors (Lipinski definition) is 0. The van der Waals surface area contributed by atoms with Gasteiger partial charge >= 0.3 is 0 Å². The normalized spacial score (nSPS) is 13.7. The van der Waals surface area contributed by atoms with E-state index in [0.717, 1.165) is 23.6 Å². The first-order valence-electron chi connectivity index (χ1n) is 6.41. The average molecular weight is 271 g/mol. The minimum absolute atomic E-state index is 0.772. The van der Waals surface area contributed by atoms with Crippen molar-refractivity contribution in [2.75, 3.05) is 7.11 Å². The van der Waals surface area contributed by atoms with E-state index in [2.05, 4.69) is 24.3 Å². The monoisotopic (exact) mass is 270 g/mol. The molecule has 0 amide bonds. The van der Waals surface area contributed by atoms with E-state index >= 15 is 0 Å². The standard InChI is InChI=1S/C17H15ClO/c1-19-15-9-8-12-4-3-7-16(17(12)11-15)13-5-2-6-14(18)10-13/h2,5-11H,3-4H2,1H3. The predicted molar refractivity (Wildman–Crippen MR) is 79.8 cm³/mol. The van der Waals surface area contributed by atoms with Gasteiger partial charge in [0, 0.05) is 5.02 Å². The number of hydrogen-bond acceptors (Lipinski definition) is 1. The molecule has 0 bridgehead atoms. The van der Waals surface area contributed by atoms with Gasteiger partial charge in [-0.25, -0.2) is 0 Å². The maximum absolute atomic E-state index is 6.10. The van der Waals surface area contributed by atoms with Gasteiger partial charge in [0.1, 0.15) is 5.75 Å². The lowest BCUT2D eigenvalue weighted by molar-refractivity contribution is 0.414. The van der Waals surface area contributed by atoms with Gasteiger partial charge in [0.2, 0.25) is 0 Å². The fourth-order valence-electron chi connectivity index (χ4n) is 2.56. The minimum Gasteiger partial charge on any atom is -0.497 e. The molecule has 0 saturated heterocycles. The van der Waals surface area contributed by atoms with E-state index < -0.39 is 0 Å². The van der Waals surface area contributed by atoms with Crippen molar-refractivity contribution in [3.05, 3.63) is 70.3 Å². The number of halogens is 1. The molecule has 3 rings (SSSR count). The summed E-state index contributed by atoms with van der Waals surface area (Å²) < 4.78 is 5.33. The molecule has 0 radical (unpaired) electrons. The number of fused-ring (bicyclic) bond motifs is 1. The summed E-state index contributed by atoms with van der Waals surface area (Å²) in [4.78, 5) is 0. The predicted octanol–water partition coefficient (Wildman–Crippen LogP) is 4.73. The van der Waals surface area contributed by atoms with Gasteiger partial charge in [0.15, 0.2) is 0 Å². The molecule has 96 valence electrons. The van der Waals surface area contributed by atoms with Crippen LogP contribution in [0.5, 0.6) is 5.75 Å². The van der Waals surface area contributed by atoms with Crippen molar-refractivity contribution in [3.8, 4) is 5.75 Å². The van der Waals surface area contributed by atoms with Crippen LogP contribution in [0.15, 0.2) is 48.5 Å². The summed E-state index contributed by atoms with van der Waals surface area (Å²) in [6.07, 6.45) is 4.44. The van der Waals surface area contributed by atoms with Crippen molar-refractivity contribution >= 4 is 17.2 Å². The lowest BCUT2D eigenvalue weighted by atomic mass is 9.87. The third kappa shape index (κ3) is 2.39. The largest absolute Gasteiger partial charge is 0.497 e. The number of rotatable bonds is 2. The van der Waals surface area contributed by atoms with E-state index in [9.17, 15) is 0 Å². The van der Waals surface area contributed by atoms with Gasteiger partial charge in [0.25, 0.3) is 0 Å². The first-order valence-corrected chi connectivity index (χ1v) is 6.79. The number of aryl methyl sites for hydroxylation is 1. The van der Waals surface area contributed by atoms with Crippen LogP contribution in [0, 0.1) is 0 Å². The first kappa shape index (κ1) is 12.3. The van der Waals surface area contributed by atoms with Crippen molar-refractivity contribution in [2.45, 2.75) is 12.8 Å². The molecule has 1 aliphatic carbocycles. The van der Waals surface area contributed by atoms with E-state index in [-0.39, 0.29) is 0 Å². The molecule has 0 aliphatic heterocycles. The highest BCUT2D eigenvalue weighted by Gasteiger charge is 2.15. The van der Waals surface area contributed by atoms with Gasteiger partial charge in [0.05, 0.1) is 7.11 Å². The molecule has 2 aromatic rings. The van der Waals surface area contributed by atoms with Gasteiger partial charge in [-0.05, 0) is 59.4 Å². The van der Waals surface area contributed by atoms with Crippen LogP contribution >= 0.6 is 11.6 Å². The molecule has 0 fully saturated rings. The summed E-state index contributed by atoms with van der Waals surface area (Å²) >= 11 is 6.10. The summed E-state index contributed by atoms with van der Waals surface area (Å²) in [6, 6.07) is 14.3. The number of benzene rings is 2. The van der Waals surface area contributed by atoms with Crippen LogP contribution in [0.1, 0.15) is 23.1 Å². The van der Waals surface area contributed by atoms with Crippen LogP contribution in [0.2, 0.25) is 5.02 Å². The Morgan fingerprint density at radius 1 is 1.11 bits per heavy atom. The van der Waals surface area contributed by atoms with Gasteiger partial charge < -0.3 is 4.74 Å². The zero-order valence-corrected chi connectivity index (χ0v) is 11.6. The first-order chi connectivity index (χ1) is 9.28. The van der Waals surface area contributed by atoms with Crippen LogP contribution in [0.4, 0.5) is 0 Å². The molecule has 19 heavy (non-hydrogen) atoms. The Labute approximate surface area is 118 Å². The summed E-state index contributed by atoms with van der Waals surface area (Å²) in [6.45, 7) is 0. The van der Waals surface area contributed by atoms with Crippen LogP contribution in [-0.2, 0) is 6.42 Å². The Bertz CT molecular complexity index is 643. The molecule has 2 aromatic carbocycles. The topological polar surface area (TPSA) is 9.23 Å². The Balaban J connectivity index is 2.12. The van der Waals surface area contributed by atoms with Gasteiger partial charge in [-0.2, -0.15) is 0 Å². The molecule has 0 unspecified atom stereocenters. The lowest BCUT2D eigenvalue weighted by Crippen LogP contribution is -2.01. The van der Waals surface area contributed by atoms with Crippen LogP contribution in [-0.4, -0.2) is 7.11 Å². The zero-order valence-electron chi connectivity index (χ0n) is 10.8. The van der Waals surface area contributed by atoms with E-state index in [1.54, 1.807) is 7.11 Å². The SMILES string of the molecule is COc1ccc2c(c1)C(c1cccc(Cl)c1)=CCC2. The third-order valence-corrected chi connectivity index (χ3v) is 3.74. The Morgan fingerprint density at radius 2 is 2.00 bits per heavy atom. The van der Waals surface area contributed by atoms with E-state index in [0.29, 0.717) is 0 Å². The number of methoxy groups -OCH3 is 1. The van der Waals surface area contributed by atoms with Gasteiger partial charge in [-0.15, -0.1) is 0 Å². The maximum atomic E-state index is 6.10. The highest BCUT2D eigenvalue weighted by atomic mass is 35.5. The lowest BCUT2D eigenvalue weighted by Gasteiger charge is -2.19. The van der Waals surface area contributed by atoms with E-state index in [4.69, 9.17) is 16.3 Å². The summed E-state index contributed by atoms with van der Waals surface area (Å²) in [7, 11) is 1.70. The highest BCUT2D eigenvalue weighted by Crippen LogP contribution is 2.34. The van der Waals surface area contributed by atoms with Crippen molar-refractivity contribution in [2.24, 2.45) is 0 Å². The molecule has 1 nitrogen and oxygen atoms in total. The van der Waals surface area contributed by atoms with Crippen molar-refractivity contribution in [1.29, 1.82) is 0 Å². The van der Waals surface area contributed by atoms with Crippen LogP contribution in [0.3, 0.4) is 0 Å². The van der Waals surface area contributed by atoms with Crippen molar-refractivity contribution in [3.63, 3.8) is 0 Å². The second-order valence-electron chi connectivity index (χ2n) is 4.69. The second kappa shape index (κ2) is 5.10. The van der Waals surface area contributed by atoms with Crippen molar-refractivity contribution < 1.29 is 4.74 Å². The smallest absolute Gasteiger partial charge is 0.119 e. The zero-order chi connectivity index (χ0) is 13.2. The molecule has 2 heteroatoms. The molecule has 0 atom stereocenters. The molecule has 1 aliphatic rings. The molecule has 0 spiro atoms. The number of ether oxygens (including phenoxy) is 1. The molecule has 0 aromatic heterocycles. The second-order valence-corrected chi connectivity index (χ2v) is 5.13. The molecule has 0 N–H and O–H groups in total. The maximum Gasteiger partial charge on any atom is 0.119 e. The van der Waals surface area contributed by atoms with E-state index in [1.807, 2.05) is 24.3 Å². The van der Waals surface area contributed by atoms with E-state index in [1.165, 1.54) is 22.3 Å². The Hall–Kier alpha value is -1.73. The highest BCUT2D eigenvalue weighted by molar-refractivity contribution is 6.30. The Morgan fingerprint density at radius 3 is 2.79 bits per heavy atom. The quantitative estimate of drug-likeness (QED) is 0.767. The minimum atomic E-state index is 0.772.